The zero-order valence-corrected chi connectivity index (χ0v) is 20.0. The van der Waals surface area contributed by atoms with Crippen molar-refractivity contribution in [2.24, 2.45) is 0 Å². The Balaban J connectivity index is 1.76. The van der Waals surface area contributed by atoms with Gasteiger partial charge in [0.1, 0.15) is 11.5 Å². The molecule has 0 fully saturated rings. The summed E-state index contributed by atoms with van der Waals surface area (Å²) >= 11 is 3.66. The van der Waals surface area contributed by atoms with Gasteiger partial charge in [0, 0.05) is 10.6 Å². The summed E-state index contributed by atoms with van der Waals surface area (Å²) in [6.45, 7) is -0.404. The molecule has 0 unspecified atom stereocenters. The lowest BCUT2D eigenvalue weighted by atomic mass is 9.98. The van der Waals surface area contributed by atoms with Crippen molar-refractivity contribution < 1.29 is 32.5 Å². The summed E-state index contributed by atoms with van der Waals surface area (Å²) in [7, 11) is 0. The number of alkyl halides is 3. The fraction of sp³-hybridized carbons (Fsp3) is 0.125. The molecule has 0 aliphatic heterocycles. The van der Waals surface area contributed by atoms with Gasteiger partial charge in [0.05, 0.1) is 3.57 Å². The topological polar surface area (TPSA) is 55.8 Å². The highest BCUT2D eigenvalue weighted by Crippen LogP contribution is 2.31. The molecule has 0 saturated carbocycles. The number of carboxylic acids is 1. The molecule has 0 spiro atoms. The molecule has 0 aliphatic rings. The number of hydrogen-bond acceptors (Lipinski definition) is 4. The van der Waals surface area contributed by atoms with Gasteiger partial charge in [0.2, 0.25) is 0 Å². The Morgan fingerprint density at radius 3 is 2.27 bits per heavy atom. The molecule has 0 radical (unpaired) electrons. The maximum Gasteiger partial charge on any atom is 0.573 e. The highest BCUT2D eigenvalue weighted by atomic mass is 127. The maximum absolute atomic E-state index is 12.5. The van der Waals surface area contributed by atoms with E-state index in [0.717, 1.165) is 25.2 Å². The van der Waals surface area contributed by atoms with Crippen LogP contribution in [0.3, 0.4) is 0 Å². The second-order valence-corrected chi connectivity index (χ2v) is 8.90. The zero-order valence-electron chi connectivity index (χ0n) is 17.0. The first-order valence-corrected chi connectivity index (χ1v) is 11.7. The van der Waals surface area contributed by atoms with E-state index in [1.165, 1.54) is 12.1 Å². The van der Waals surface area contributed by atoms with Crippen molar-refractivity contribution in [2.45, 2.75) is 11.3 Å². The van der Waals surface area contributed by atoms with E-state index in [0.29, 0.717) is 11.5 Å². The largest absolute Gasteiger partial charge is 0.573 e. The number of ether oxygens (including phenoxy) is 2. The number of thioether (sulfide) groups is 1. The van der Waals surface area contributed by atoms with Crippen LogP contribution >= 0.6 is 34.4 Å². The summed E-state index contributed by atoms with van der Waals surface area (Å²) in [5.74, 6) is -0.200. The molecule has 0 bridgehead atoms. The molecular weight excluding hydrogens is 568 g/mol. The average molecular weight is 586 g/mol. The molecule has 0 heterocycles. The van der Waals surface area contributed by atoms with Gasteiger partial charge in [-0.3, -0.25) is 0 Å². The van der Waals surface area contributed by atoms with Gasteiger partial charge in [0.25, 0.3) is 0 Å². The van der Waals surface area contributed by atoms with E-state index in [4.69, 9.17) is 9.84 Å². The average Bonchev–Trinajstić information content (AvgIpc) is 2.76. The third kappa shape index (κ3) is 8.01. The Morgan fingerprint density at radius 2 is 1.67 bits per heavy atom. The fourth-order valence-electron chi connectivity index (χ4n) is 2.91. The van der Waals surface area contributed by atoms with Crippen LogP contribution in [-0.2, 0) is 4.79 Å². The number of aliphatic carboxylic acids is 1. The van der Waals surface area contributed by atoms with Gasteiger partial charge >= 0.3 is 12.3 Å². The number of halogens is 4. The number of rotatable bonds is 9. The van der Waals surface area contributed by atoms with Crippen LogP contribution in [0.25, 0.3) is 5.57 Å². The summed E-state index contributed by atoms with van der Waals surface area (Å²) in [5.41, 5.74) is 2.59. The number of benzene rings is 3. The van der Waals surface area contributed by atoms with Crippen molar-refractivity contribution in [2.75, 3.05) is 12.4 Å². The Bertz CT molecular complexity index is 1120. The van der Waals surface area contributed by atoms with Crippen molar-refractivity contribution in [3.63, 3.8) is 0 Å². The third-order valence-corrected chi connectivity index (χ3v) is 6.04. The summed E-state index contributed by atoms with van der Waals surface area (Å²) in [6, 6.07) is 20.8. The predicted octanol–water partition coefficient (Wildman–Crippen LogP) is 6.88. The maximum atomic E-state index is 12.5. The third-order valence-electron chi connectivity index (χ3n) is 4.28. The van der Waals surface area contributed by atoms with Crippen LogP contribution in [0, 0.1) is 3.57 Å². The summed E-state index contributed by atoms with van der Waals surface area (Å²) in [6.07, 6.45) is -2.72. The number of hydrogen-bond donors (Lipinski definition) is 1. The number of carboxylic acid groups (broad SMARTS) is 1. The lowest BCUT2D eigenvalue weighted by Crippen LogP contribution is -2.17. The van der Waals surface area contributed by atoms with Gasteiger partial charge in [-0.2, -0.15) is 0 Å². The normalized spacial score (nSPS) is 11.8. The fourth-order valence-corrected chi connectivity index (χ4v) is 4.60. The van der Waals surface area contributed by atoms with E-state index < -0.39 is 18.9 Å². The van der Waals surface area contributed by atoms with Crippen LogP contribution in [0.2, 0.25) is 0 Å². The van der Waals surface area contributed by atoms with Gasteiger partial charge < -0.3 is 14.6 Å². The van der Waals surface area contributed by atoms with Crippen LogP contribution in [0.5, 0.6) is 11.5 Å². The van der Waals surface area contributed by atoms with Crippen molar-refractivity contribution >= 4 is 45.9 Å². The van der Waals surface area contributed by atoms with Gasteiger partial charge in [-0.25, -0.2) is 4.79 Å². The Kier molecular flexibility index (Phi) is 8.67. The molecule has 172 valence electrons. The summed E-state index contributed by atoms with van der Waals surface area (Å²) in [4.78, 5) is 11.6. The monoisotopic (exact) mass is 586 g/mol. The van der Waals surface area contributed by atoms with E-state index in [9.17, 15) is 18.0 Å². The van der Waals surface area contributed by atoms with Crippen molar-refractivity contribution in [3.8, 4) is 11.5 Å². The van der Waals surface area contributed by atoms with E-state index in [-0.39, 0.29) is 5.75 Å². The van der Waals surface area contributed by atoms with Crippen molar-refractivity contribution in [3.05, 3.63) is 93.6 Å². The second kappa shape index (κ2) is 11.5. The summed E-state index contributed by atoms with van der Waals surface area (Å²) < 4.78 is 47.4. The van der Waals surface area contributed by atoms with E-state index >= 15 is 0 Å². The molecule has 3 aromatic carbocycles. The summed E-state index contributed by atoms with van der Waals surface area (Å²) in [5, 5.41) is 8.75. The van der Waals surface area contributed by atoms with Gasteiger partial charge in [-0.15, -0.1) is 24.9 Å². The highest BCUT2D eigenvalue weighted by molar-refractivity contribution is 14.1. The van der Waals surface area contributed by atoms with Crippen LogP contribution in [-0.4, -0.2) is 29.8 Å². The minimum absolute atomic E-state index is 0.271. The number of carbonyl (C=O) groups is 1. The van der Waals surface area contributed by atoms with Crippen LogP contribution in [0.1, 0.15) is 11.1 Å². The van der Waals surface area contributed by atoms with Crippen molar-refractivity contribution in [1.29, 1.82) is 0 Å². The molecule has 4 nitrogen and oxygen atoms in total. The molecule has 0 saturated heterocycles. The molecule has 3 rings (SSSR count). The standard InChI is InChI=1S/C24H18F3IO4S/c25-24(26,27)32-18-8-6-17(7-9-18)20(16-4-2-1-3-5-16)12-13-33-19-10-11-22(21(28)14-19)31-15-23(29)30/h1-12,14H,13,15H2,(H,29,30)/b20-12-. The molecule has 0 aromatic heterocycles. The first kappa shape index (κ1) is 25.0. The van der Waals surface area contributed by atoms with Crippen LogP contribution in [0.4, 0.5) is 13.2 Å². The Morgan fingerprint density at radius 1 is 1.00 bits per heavy atom. The van der Waals surface area contributed by atoms with Gasteiger partial charge in [0.15, 0.2) is 6.61 Å². The first-order chi connectivity index (χ1) is 15.7. The van der Waals surface area contributed by atoms with Crippen molar-refractivity contribution in [1.82, 2.24) is 0 Å². The molecule has 1 N–H and O–H groups in total. The molecule has 9 heteroatoms. The zero-order chi connectivity index (χ0) is 23.8. The molecule has 0 aliphatic carbocycles. The minimum atomic E-state index is -4.73. The lowest BCUT2D eigenvalue weighted by molar-refractivity contribution is -0.274. The van der Waals surface area contributed by atoms with Crippen LogP contribution in [0.15, 0.2) is 83.8 Å². The Hall–Kier alpha value is -2.66. The smallest absolute Gasteiger partial charge is 0.481 e. The molecule has 0 amide bonds. The second-order valence-electron chi connectivity index (χ2n) is 6.64. The molecule has 0 atom stereocenters. The van der Waals surface area contributed by atoms with E-state index in [1.54, 1.807) is 30.0 Å². The Labute approximate surface area is 206 Å². The van der Waals surface area contributed by atoms with Gasteiger partial charge in [-0.05, 0) is 69.6 Å². The quantitative estimate of drug-likeness (QED) is 0.219. The lowest BCUT2D eigenvalue weighted by Gasteiger charge is -2.12. The van der Waals surface area contributed by atoms with Crippen LogP contribution < -0.4 is 9.47 Å². The SMILES string of the molecule is O=C(O)COc1ccc(SC/C=C(/c2ccccc2)c2ccc(OC(F)(F)F)cc2)cc1I. The predicted molar refractivity (Wildman–Crippen MR) is 130 cm³/mol. The molecule has 33 heavy (non-hydrogen) atoms. The first-order valence-electron chi connectivity index (χ1n) is 9.60. The minimum Gasteiger partial charge on any atom is -0.481 e. The van der Waals surface area contributed by atoms with E-state index in [2.05, 4.69) is 27.3 Å². The molecule has 3 aromatic rings. The highest BCUT2D eigenvalue weighted by Gasteiger charge is 2.31. The molecular formula is C24H18F3IO4S. The van der Waals surface area contributed by atoms with Gasteiger partial charge in [-0.1, -0.05) is 48.5 Å². The van der Waals surface area contributed by atoms with E-state index in [1.807, 2.05) is 48.5 Å².